The predicted octanol–water partition coefficient (Wildman–Crippen LogP) is 3.90. The Morgan fingerprint density at radius 3 is 2.12 bits per heavy atom. The lowest BCUT2D eigenvalue weighted by Gasteiger charge is -2.26. The van der Waals surface area contributed by atoms with Crippen LogP contribution >= 0.6 is 23.2 Å². The van der Waals surface area contributed by atoms with Gasteiger partial charge in [0, 0.05) is 44.1 Å². The van der Waals surface area contributed by atoms with E-state index in [4.69, 9.17) is 34.7 Å². The van der Waals surface area contributed by atoms with Gasteiger partial charge in [0.25, 0.3) is 0 Å². The summed E-state index contributed by atoms with van der Waals surface area (Å²) in [6.45, 7) is 3.35. The second-order valence-electron chi connectivity index (χ2n) is 6.09. The molecule has 1 aromatic carbocycles. The minimum Gasteiger partial charge on any atom is -0.397 e. The Morgan fingerprint density at radius 1 is 0.917 bits per heavy atom. The van der Waals surface area contributed by atoms with Gasteiger partial charge >= 0.3 is 0 Å². The minimum absolute atomic E-state index is 0.572. The molecule has 0 unspecified atom stereocenters. The molecular weight excluding hydrogens is 343 g/mol. The molecule has 4 nitrogen and oxygen atoms in total. The number of rotatable bonds is 13. The molecule has 0 radical (unpaired) electrons. The van der Waals surface area contributed by atoms with Gasteiger partial charge in [-0.15, -0.1) is 23.2 Å². The quantitative estimate of drug-likeness (QED) is 0.312. The fourth-order valence-electron chi connectivity index (χ4n) is 2.80. The number of hydrogen-bond acceptors (Lipinski definition) is 4. The highest BCUT2D eigenvalue weighted by Crippen LogP contribution is 2.28. The molecule has 0 aliphatic rings. The summed E-state index contributed by atoms with van der Waals surface area (Å²) in [4.78, 5) is 4.40. The van der Waals surface area contributed by atoms with Crippen LogP contribution < -0.4 is 21.3 Å². The normalized spacial score (nSPS) is 10.8. The van der Waals surface area contributed by atoms with Gasteiger partial charge in [0.1, 0.15) is 0 Å². The van der Waals surface area contributed by atoms with Crippen molar-refractivity contribution in [3.8, 4) is 0 Å². The molecule has 24 heavy (non-hydrogen) atoms. The van der Waals surface area contributed by atoms with Gasteiger partial charge in [0.2, 0.25) is 0 Å². The highest BCUT2D eigenvalue weighted by atomic mass is 35.5. The lowest BCUT2D eigenvalue weighted by atomic mass is 10.1. The molecule has 6 heteroatoms. The van der Waals surface area contributed by atoms with E-state index in [1.807, 2.05) is 6.07 Å². The highest BCUT2D eigenvalue weighted by molar-refractivity contribution is 6.18. The van der Waals surface area contributed by atoms with E-state index >= 15 is 0 Å². The van der Waals surface area contributed by atoms with Crippen molar-refractivity contribution in [1.29, 1.82) is 0 Å². The van der Waals surface area contributed by atoms with Crippen molar-refractivity contribution in [2.45, 2.75) is 32.1 Å². The third kappa shape index (κ3) is 7.37. The molecule has 0 aliphatic heterocycles. The van der Waals surface area contributed by atoms with Crippen LogP contribution in [-0.2, 0) is 0 Å². The molecule has 4 N–H and O–H groups in total. The maximum atomic E-state index is 6.27. The maximum Gasteiger partial charge on any atom is 0.0598 e. The fourth-order valence-corrected chi connectivity index (χ4v) is 3.21. The molecule has 0 aliphatic carbocycles. The SMILES string of the molecule is CN(CCCCCCCN)c1ccc(N(CCCl)CCCl)cc1N. The summed E-state index contributed by atoms with van der Waals surface area (Å²) in [7, 11) is 2.10. The predicted molar refractivity (Wildman–Crippen MR) is 110 cm³/mol. The van der Waals surface area contributed by atoms with Crippen LogP contribution in [0.5, 0.6) is 0 Å². The van der Waals surface area contributed by atoms with Crippen molar-refractivity contribution in [2.75, 3.05) is 60.5 Å². The third-order valence-corrected chi connectivity index (χ3v) is 4.53. The van der Waals surface area contributed by atoms with Gasteiger partial charge in [0.15, 0.2) is 0 Å². The maximum absolute atomic E-state index is 6.27. The Kier molecular flexibility index (Phi) is 11.1. The lowest BCUT2D eigenvalue weighted by Crippen LogP contribution is -2.28. The zero-order valence-electron chi connectivity index (χ0n) is 14.8. The Morgan fingerprint density at radius 2 is 1.54 bits per heavy atom. The zero-order valence-corrected chi connectivity index (χ0v) is 16.3. The van der Waals surface area contributed by atoms with Crippen molar-refractivity contribution < 1.29 is 0 Å². The van der Waals surface area contributed by atoms with Crippen LogP contribution in [0.15, 0.2) is 18.2 Å². The van der Waals surface area contributed by atoms with E-state index in [0.717, 1.165) is 49.7 Å². The second kappa shape index (κ2) is 12.5. The van der Waals surface area contributed by atoms with Crippen molar-refractivity contribution in [3.63, 3.8) is 0 Å². The molecule has 1 aromatic rings. The smallest absolute Gasteiger partial charge is 0.0598 e. The van der Waals surface area contributed by atoms with Crippen LogP contribution in [0.4, 0.5) is 17.1 Å². The first kappa shape index (κ1) is 21.2. The van der Waals surface area contributed by atoms with Gasteiger partial charge in [0.05, 0.1) is 11.4 Å². The van der Waals surface area contributed by atoms with Crippen LogP contribution in [0, 0.1) is 0 Å². The van der Waals surface area contributed by atoms with Gasteiger partial charge in [-0.25, -0.2) is 0 Å². The molecule has 0 amide bonds. The lowest BCUT2D eigenvalue weighted by molar-refractivity contribution is 0.616. The van der Waals surface area contributed by atoms with Crippen molar-refractivity contribution in [3.05, 3.63) is 18.2 Å². The van der Waals surface area contributed by atoms with E-state index in [-0.39, 0.29) is 0 Å². The highest BCUT2D eigenvalue weighted by Gasteiger charge is 2.10. The molecule has 0 aromatic heterocycles. The molecule has 138 valence electrons. The summed E-state index contributed by atoms with van der Waals surface area (Å²) in [5.74, 6) is 1.14. The average Bonchev–Trinajstić information content (AvgIpc) is 2.57. The molecule has 0 atom stereocenters. The van der Waals surface area contributed by atoms with Crippen molar-refractivity contribution >= 4 is 40.3 Å². The standard InChI is InChI=1S/C18H32Cl2N4/c1-23(12-6-4-2-3-5-11-21)18-8-7-16(15-17(18)22)24(13-9-19)14-10-20/h7-8,15H,2-6,9-14,21-22H2,1H3. The fraction of sp³-hybridized carbons (Fsp3) is 0.667. The Balaban J connectivity index is 2.56. The summed E-state index contributed by atoms with van der Waals surface area (Å²) in [5, 5.41) is 0. The first-order valence-corrected chi connectivity index (χ1v) is 9.88. The molecule has 0 spiro atoms. The molecule has 0 bridgehead atoms. The van der Waals surface area contributed by atoms with Gasteiger partial charge in [-0.1, -0.05) is 19.3 Å². The van der Waals surface area contributed by atoms with Crippen LogP contribution in [0.1, 0.15) is 32.1 Å². The van der Waals surface area contributed by atoms with Crippen LogP contribution in [0.25, 0.3) is 0 Å². The van der Waals surface area contributed by atoms with Gasteiger partial charge in [-0.2, -0.15) is 0 Å². The summed E-state index contributed by atoms with van der Waals surface area (Å²) >= 11 is 11.7. The topological polar surface area (TPSA) is 58.5 Å². The first-order chi connectivity index (χ1) is 11.6. The number of alkyl halides is 2. The van der Waals surface area contributed by atoms with Gasteiger partial charge in [-0.05, 0) is 37.6 Å². The summed E-state index contributed by atoms with van der Waals surface area (Å²) in [6, 6.07) is 6.21. The van der Waals surface area contributed by atoms with E-state index in [2.05, 4.69) is 29.0 Å². The van der Waals surface area contributed by atoms with E-state index in [1.54, 1.807) is 0 Å². The molecule has 0 fully saturated rings. The number of halogens is 2. The number of hydrogen-bond donors (Lipinski definition) is 2. The zero-order chi connectivity index (χ0) is 17.8. The molecule has 0 saturated heterocycles. The van der Waals surface area contributed by atoms with Crippen LogP contribution in [-0.4, -0.2) is 45.0 Å². The molecule has 0 heterocycles. The molecular formula is C18H32Cl2N4. The third-order valence-electron chi connectivity index (χ3n) is 4.19. The Hall–Kier alpha value is -0.840. The number of nitrogens with zero attached hydrogens (tertiary/aromatic N) is 2. The average molecular weight is 375 g/mol. The van der Waals surface area contributed by atoms with E-state index in [9.17, 15) is 0 Å². The van der Waals surface area contributed by atoms with Crippen LogP contribution in [0.2, 0.25) is 0 Å². The second-order valence-corrected chi connectivity index (χ2v) is 6.84. The van der Waals surface area contributed by atoms with Crippen molar-refractivity contribution in [2.24, 2.45) is 5.73 Å². The Bertz CT molecular complexity index is 451. The van der Waals surface area contributed by atoms with Gasteiger partial charge in [-0.3, -0.25) is 0 Å². The van der Waals surface area contributed by atoms with Crippen molar-refractivity contribution in [1.82, 2.24) is 0 Å². The number of nitrogens with two attached hydrogens (primary N) is 2. The summed E-state index contributed by atoms with van der Waals surface area (Å²) < 4.78 is 0. The summed E-state index contributed by atoms with van der Waals surface area (Å²) in [5.41, 5.74) is 14.7. The number of unbranched alkanes of at least 4 members (excludes halogenated alkanes) is 4. The number of anilines is 3. The summed E-state index contributed by atoms with van der Waals surface area (Å²) in [6.07, 6.45) is 6.03. The largest absolute Gasteiger partial charge is 0.397 e. The monoisotopic (exact) mass is 374 g/mol. The van der Waals surface area contributed by atoms with Gasteiger partial charge < -0.3 is 21.3 Å². The number of benzene rings is 1. The Labute approximate surface area is 157 Å². The molecule has 1 rings (SSSR count). The first-order valence-electron chi connectivity index (χ1n) is 8.81. The molecule has 0 saturated carbocycles. The van der Waals surface area contributed by atoms with Crippen LogP contribution in [0.3, 0.4) is 0 Å². The van der Waals surface area contributed by atoms with E-state index in [1.165, 1.54) is 25.7 Å². The van der Waals surface area contributed by atoms with E-state index < -0.39 is 0 Å². The minimum atomic E-state index is 0.572. The van der Waals surface area contributed by atoms with E-state index in [0.29, 0.717) is 11.8 Å². The number of nitrogen functional groups attached to an aromatic ring is 1.